The van der Waals surface area contributed by atoms with Crippen molar-refractivity contribution in [2.24, 2.45) is 5.92 Å². The molecule has 0 saturated carbocycles. The molecule has 0 nitrogen and oxygen atoms in total. The molecular formula is C12H15I2Zr. The van der Waals surface area contributed by atoms with Crippen LogP contribution in [0.2, 0.25) is 0 Å². The van der Waals surface area contributed by atoms with Gasteiger partial charge in [0.25, 0.3) is 0 Å². The first-order valence-corrected chi connectivity index (χ1v) is 5.91. The SMILES string of the molecule is CC(C)[C]1([Zr])C=Cc2ccccc21.I.I. The van der Waals surface area contributed by atoms with Crippen LogP contribution in [0.15, 0.2) is 30.3 Å². The number of hydrogen-bond donors (Lipinski definition) is 0. The van der Waals surface area contributed by atoms with Crippen molar-refractivity contribution in [3.8, 4) is 0 Å². The Morgan fingerprint density at radius 2 is 1.73 bits per heavy atom. The zero-order chi connectivity index (χ0) is 9.47. The van der Waals surface area contributed by atoms with Crippen LogP contribution in [0.25, 0.3) is 6.08 Å². The molecule has 2 rings (SSSR count). The summed E-state index contributed by atoms with van der Waals surface area (Å²) in [6.07, 6.45) is 4.64. The largest absolute Gasteiger partial charge is 0.107 e. The van der Waals surface area contributed by atoms with Crippen molar-refractivity contribution in [3.05, 3.63) is 41.5 Å². The normalized spacial score (nSPS) is 21.7. The Kier molecular flexibility index (Phi) is 6.84. The molecule has 1 aliphatic rings. The van der Waals surface area contributed by atoms with Crippen molar-refractivity contribution >= 4 is 54.0 Å². The number of fused-ring (bicyclic) bond motifs is 1. The second-order valence-electron chi connectivity index (χ2n) is 3.94. The number of rotatable bonds is 1. The molecule has 81 valence electrons. The fourth-order valence-electron chi connectivity index (χ4n) is 1.83. The fourth-order valence-corrected chi connectivity index (χ4v) is 2.60. The molecule has 1 atom stereocenters. The third-order valence-corrected chi connectivity index (χ3v) is 5.33. The van der Waals surface area contributed by atoms with Gasteiger partial charge in [0, 0.05) is 0 Å². The molecule has 0 aliphatic heterocycles. The summed E-state index contributed by atoms with van der Waals surface area (Å²) in [7, 11) is 0. The molecule has 0 N–H and O–H groups in total. The van der Waals surface area contributed by atoms with Crippen molar-refractivity contribution in [2.75, 3.05) is 0 Å². The molecule has 15 heavy (non-hydrogen) atoms. The van der Waals surface area contributed by atoms with Gasteiger partial charge in [0.2, 0.25) is 0 Å². The maximum atomic E-state index is 2.38. The zero-order valence-corrected chi connectivity index (χ0v) is 16.0. The van der Waals surface area contributed by atoms with Crippen LogP contribution < -0.4 is 0 Å². The van der Waals surface area contributed by atoms with Gasteiger partial charge in [0.1, 0.15) is 0 Å². The Labute approximate surface area is 141 Å². The Morgan fingerprint density at radius 1 is 1.13 bits per heavy atom. The van der Waals surface area contributed by atoms with Crippen molar-refractivity contribution in [2.45, 2.75) is 17.0 Å². The van der Waals surface area contributed by atoms with Crippen molar-refractivity contribution < 1.29 is 24.7 Å². The number of benzene rings is 1. The van der Waals surface area contributed by atoms with Gasteiger partial charge in [-0.25, -0.2) is 0 Å². The first-order valence-electron chi connectivity index (χ1n) is 4.68. The van der Waals surface area contributed by atoms with E-state index < -0.39 is 0 Å². The van der Waals surface area contributed by atoms with Crippen molar-refractivity contribution in [1.29, 1.82) is 0 Å². The maximum Gasteiger partial charge on any atom is -0.107 e. The topological polar surface area (TPSA) is 0 Å². The summed E-state index contributed by atoms with van der Waals surface area (Å²) in [6, 6.07) is 8.74. The molecule has 0 aromatic heterocycles. The van der Waals surface area contributed by atoms with Gasteiger partial charge in [-0.15, -0.1) is 48.0 Å². The van der Waals surface area contributed by atoms with Crippen LogP contribution in [0.5, 0.6) is 0 Å². The van der Waals surface area contributed by atoms with E-state index in [4.69, 9.17) is 0 Å². The summed E-state index contributed by atoms with van der Waals surface area (Å²) in [6.45, 7) is 4.61. The molecule has 3 heteroatoms. The molecule has 0 amide bonds. The second kappa shape index (κ2) is 6.29. The van der Waals surface area contributed by atoms with E-state index >= 15 is 0 Å². The van der Waals surface area contributed by atoms with Gasteiger partial charge in [-0.3, -0.25) is 0 Å². The number of hydrogen-bond acceptors (Lipinski definition) is 0. The quantitative estimate of drug-likeness (QED) is 0.500. The smallest absolute Gasteiger partial charge is 0.107 e. The van der Waals surface area contributed by atoms with E-state index in [9.17, 15) is 0 Å². The number of halogens is 2. The molecule has 0 spiro atoms. The summed E-state index contributed by atoms with van der Waals surface area (Å²) in [5.74, 6) is 0.700. The van der Waals surface area contributed by atoms with E-state index in [-0.39, 0.29) is 48.0 Å². The standard InChI is InChI=1S/C12H13.2HI.Zr/c1-9(2)11-8-7-10-5-3-4-6-12(10)11;;;/h3-9H,1-2H3;2*1H;. The van der Waals surface area contributed by atoms with Crippen molar-refractivity contribution in [1.82, 2.24) is 0 Å². The molecule has 1 unspecified atom stereocenters. The van der Waals surface area contributed by atoms with Gasteiger partial charge in [-0.05, 0) is 0 Å². The molecule has 0 saturated heterocycles. The van der Waals surface area contributed by atoms with Crippen LogP contribution in [-0.4, -0.2) is 0 Å². The minimum absolute atomic E-state index is 0. The average molecular weight is 504 g/mol. The Bertz CT molecular complexity index is 360. The Morgan fingerprint density at radius 3 is 2.33 bits per heavy atom. The maximum absolute atomic E-state index is 2.38. The van der Waals surface area contributed by atoms with Crippen molar-refractivity contribution in [3.63, 3.8) is 0 Å². The minimum atomic E-state index is 0. The summed E-state index contributed by atoms with van der Waals surface area (Å²) < 4.78 is 0.337. The van der Waals surface area contributed by atoms with Crippen LogP contribution >= 0.6 is 48.0 Å². The van der Waals surface area contributed by atoms with E-state index in [0.717, 1.165) is 0 Å². The second-order valence-corrected chi connectivity index (χ2v) is 5.98. The Balaban J connectivity index is 0.000000980. The van der Waals surface area contributed by atoms with E-state index in [0.29, 0.717) is 9.04 Å². The minimum Gasteiger partial charge on any atom is -0.107 e. The molecule has 0 bridgehead atoms. The fraction of sp³-hybridized carbons (Fsp3) is 0.333. The summed E-state index contributed by atoms with van der Waals surface area (Å²) in [5.41, 5.74) is 2.93. The zero-order valence-electron chi connectivity index (χ0n) is 8.86. The van der Waals surface area contributed by atoms with E-state index in [1.54, 1.807) is 24.7 Å². The van der Waals surface area contributed by atoms with Gasteiger partial charge in [0.05, 0.1) is 0 Å². The van der Waals surface area contributed by atoms with Crippen LogP contribution in [0, 0.1) is 5.92 Å². The monoisotopic (exact) mass is 503 g/mol. The average Bonchev–Trinajstić information content (AvgIpc) is 2.47. The third-order valence-electron chi connectivity index (χ3n) is 2.84. The predicted octanol–water partition coefficient (Wildman–Crippen LogP) is 4.35. The molecule has 1 aromatic carbocycles. The molecule has 0 fully saturated rings. The summed E-state index contributed by atoms with van der Waals surface area (Å²) >= 11 is 1.60. The van der Waals surface area contributed by atoms with E-state index in [1.165, 1.54) is 11.1 Å². The van der Waals surface area contributed by atoms with Crippen LogP contribution in [0.4, 0.5) is 0 Å². The number of allylic oxidation sites excluding steroid dienone is 1. The van der Waals surface area contributed by atoms with Crippen LogP contribution in [0.3, 0.4) is 0 Å². The van der Waals surface area contributed by atoms with Gasteiger partial charge in [-0.1, -0.05) is 0 Å². The molecule has 0 heterocycles. The molecule has 1 aromatic rings. The first kappa shape index (κ1) is 16.3. The third kappa shape index (κ3) is 2.95. The molecular weight excluding hydrogens is 489 g/mol. The Hall–Kier alpha value is 1.30. The van der Waals surface area contributed by atoms with E-state index in [1.807, 2.05) is 0 Å². The van der Waals surface area contributed by atoms with Crippen LogP contribution in [0.1, 0.15) is 25.0 Å². The summed E-state index contributed by atoms with van der Waals surface area (Å²) in [4.78, 5) is 0. The predicted molar refractivity (Wildman–Crippen MR) is 82.8 cm³/mol. The van der Waals surface area contributed by atoms with Gasteiger partial charge in [-0.2, -0.15) is 0 Å². The molecule has 0 radical (unpaired) electrons. The molecule has 1 aliphatic carbocycles. The van der Waals surface area contributed by atoms with Gasteiger partial charge < -0.3 is 0 Å². The summed E-state index contributed by atoms with van der Waals surface area (Å²) in [5, 5.41) is 0. The van der Waals surface area contributed by atoms with Gasteiger partial charge in [0.15, 0.2) is 0 Å². The van der Waals surface area contributed by atoms with E-state index in [2.05, 4.69) is 50.3 Å². The van der Waals surface area contributed by atoms with Crippen LogP contribution in [-0.2, 0) is 27.8 Å². The van der Waals surface area contributed by atoms with Gasteiger partial charge >= 0.3 is 95.2 Å². The first-order chi connectivity index (χ1) is 6.14.